The fourth-order valence-corrected chi connectivity index (χ4v) is 1.47. The summed E-state index contributed by atoms with van der Waals surface area (Å²) >= 11 is 0. The van der Waals surface area contributed by atoms with Crippen LogP contribution in [0.3, 0.4) is 0 Å². The van der Waals surface area contributed by atoms with E-state index in [9.17, 15) is 4.79 Å². The Hall–Kier alpha value is -1.61. The number of nitrogens with zero attached hydrogens (tertiary/aromatic N) is 1. The minimum Gasteiger partial charge on any atom is -0.392 e. The van der Waals surface area contributed by atoms with Crippen molar-refractivity contribution in [3.8, 4) is 0 Å². The van der Waals surface area contributed by atoms with E-state index in [1.54, 1.807) is 0 Å². The molecule has 1 unspecified atom stereocenters. The summed E-state index contributed by atoms with van der Waals surface area (Å²) in [5.41, 5.74) is 1.83. The lowest BCUT2D eigenvalue weighted by atomic mass is 10.0. The largest absolute Gasteiger partial charge is 0.392 e. The lowest BCUT2D eigenvalue weighted by Crippen LogP contribution is -2.18. The molecule has 14 heavy (non-hydrogen) atoms. The first-order valence-corrected chi connectivity index (χ1v) is 4.47. The molecule has 0 bridgehead atoms. The van der Waals surface area contributed by atoms with Crippen molar-refractivity contribution < 1.29 is 9.90 Å². The molecular weight excluding hydrogens is 178 g/mol. The van der Waals surface area contributed by atoms with Crippen molar-refractivity contribution in [3.05, 3.63) is 48.0 Å². The average Bonchev–Trinajstić information content (AvgIpc) is 2.27. The predicted octanol–water partition coefficient (Wildman–Crippen LogP) is 0.961. The minimum absolute atomic E-state index is 0.0330. The monoisotopic (exact) mass is 189 g/mol. The zero-order valence-corrected chi connectivity index (χ0v) is 7.63. The summed E-state index contributed by atoms with van der Waals surface area (Å²) in [7, 11) is 0. The second-order valence-electron chi connectivity index (χ2n) is 3.25. The Kier molecular flexibility index (Phi) is 2.33. The third kappa shape index (κ3) is 1.54. The number of aldehydes is 1. The molecule has 1 N–H and O–H groups in total. The summed E-state index contributed by atoms with van der Waals surface area (Å²) < 4.78 is 0. The highest BCUT2D eigenvalue weighted by atomic mass is 16.3. The maximum atomic E-state index is 10.6. The Balaban J connectivity index is 2.25. The predicted molar refractivity (Wildman–Crippen MR) is 52.9 cm³/mol. The molecule has 3 nitrogen and oxygen atoms in total. The van der Waals surface area contributed by atoms with Crippen LogP contribution in [0.5, 0.6) is 0 Å². The van der Waals surface area contributed by atoms with Gasteiger partial charge in [-0.1, -0.05) is 12.2 Å². The molecule has 0 fully saturated rings. The van der Waals surface area contributed by atoms with E-state index in [1.807, 2.05) is 41.6 Å². The van der Waals surface area contributed by atoms with Crippen LogP contribution in [0.2, 0.25) is 0 Å². The molecule has 2 aliphatic heterocycles. The lowest BCUT2D eigenvalue weighted by Gasteiger charge is -2.25. The molecule has 0 aromatic rings. The van der Waals surface area contributed by atoms with E-state index >= 15 is 0 Å². The van der Waals surface area contributed by atoms with Crippen molar-refractivity contribution in [1.82, 2.24) is 4.90 Å². The highest BCUT2D eigenvalue weighted by Gasteiger charge is 2.14. The third-order valence-electron chi connectivity index (χ3n) is 2.24. The molecule has 1 atom stereocenters. The molecule has 0 aromatic heterocycles. The Morgan fingerprint density at radius 1 is 1.50 bits per heavy atom. The van der Waals surface area contributed by atoms with Gasteiger partial charge in [-0.3, -0.25) is 0 Å². The number of carbonyl (C=O) groups is 1. The maximum absolute atomic E-state index is 10.6. The summed E-state index contributed by atoms with van der Waals surface area (Å²) in [6, 6.07) is 0. The van der Waals surface area contributed by atoms with E-state index < -0.39 is 0 Å². The van der Waals surface area contributed by atoms with Crippen LogP contribution in [0.1, 0.15) is 0 Å². The summed E-state index contributed by atoms with van der Waals surface area (Å²) in [4.78, 5) is 12.5. The number of rotatable bonds is 2. The highest BCUT2D eigenvalue weighted by molar-refractivity contribution is 5.61. The van der Waals surface area contributed by atoms with Gasteiger partial charge in [0.15, 0.2) is 0 Å². The van der Waals surface area contributed by atoms with Crippen molar-refractivity contribution >= 4 is 6.29 Å². The van der Waals surface area contributed by atoms with E-state index in [4.69, 9.17) is 5.11 Å². The first kappa shape index (κ1) is 8.97. The van der Waals surface area contributed by atoms with Gasteiger partial charge < -0.3 is 14.8 Å². The molecule has 0 saturated carbocycles. The van der Waals surface area contributed by atoms with Gasteiger partial charge in [0.05, 0.1) is 12.5 Å². The molecule has 0 aliphatic carbocycles. The standard InChI is InChI=1S/C11H11NO2/c13-7-9-3-4-12-6-10(8-14)1-2-11(12)5-9/h1-7,9,14H,8H2. The molecule has 2 heterocycles. The number of hydrogen-bond donors (Lipinski definition) is 1. The molecule has 72 valence electrons. The van der Waals surface area contributed by atoms with Gasteiger partial charge in [0.2, 0.25) is 0 Å². The van der Waals surface area contributed by atoms with Crippen LogP contribution in [0, 0.1) is 5.92 Å². The van der Waals surface area contributed by atoms with E-state index in [-0.39, 0.29) is 12.5 Å². The van der Waals surface area contributed by atoms with Gasteiger partial charge in [-0.05, 0) is 17.7 Å². The van der Waals surface area contributed by atoms with Gasteiger partial charge in [0.1, 0.15) is 6.29 Å². The normalized spacial score (nSPS) is 24.1. The van der Waals surface area contributed by atoms with E-state index in [0.717, 1.165) is 17.6 Å². The molecule has 2 rings (SSSR count). The number of carbonyl (C=O) groups excluding carboxylic acids is 1. The molecule has 0 aromatic carbocycles. The number of allylic oxidation sites excluding steroid dienone is 3. The van der Waals surface area contributed by atoms with Crippen molar-refractivity contribution in [2.24, 2.45) is 5.92 Å². The Morgan fingerprint density at radius 3 is 3.07 bits per heavy atom. The van der Waals surface area contributed by atoms with Gasteiger partial charge in [-0.25, -0.2) is 0 Å². The third-order valence-corrected chi connectivity index (χ3v) is 2.24. The van der Waals surface area contributed by atoms with Gasteiger partial charge in [-0.2, -0.15) is 0 Å². The summed E-state index contributed by atoms with van der Waals surface area (Å²) in [5.74, 6) is -0.130. The topological polar surface area (TPSA) is 40.5 Å². The smallest absolute Gasteiger partial charge is 0.130 e. The Bertz CT molecular complexity index is 363. The number of aliphatic hydroxyl groups excluding tert-OH is 1. The van der Waals surface area contributed by atoms with E-state index in [1.165, 1.54) is 0 Å². The SMILES string of the molecule is O=CC1C=CN2C=C(CO)C=CC2=C1. The zero-order chi connectivity index (χ0) is 9.97. The van der Waals surface area contributed by atoms with Crippen LogP contribution in [0.25, 0.3) is 0 Å². The first-order chi connectivity index (χ1) is 6.83. The molecule has 0 radical (unpaired) electrons. The second-order valence-corrected chi connectivity index (χ2v) is 3.25. The summed E-state index contributed by atoms with van der Waals surface area (Å²) in [6.45, 7) is 0.0330. The van der Waals surface area contributed by atoms with Gasteiger partial charge in [0, 0.05) is 18.1 Å². The van der Waals surface area contributed by atoms with Crippen molar-refractivity contribution in [1.29, 1.82) is 0 Å². The molecule has 0 amide bonds. The molecular formula is C11H11NO2. The lowest BCUT2D eigenvalue weighted by molar-refractivity contribution is -0.109. The van der Waals surface area contributed by atoms with Crippen LogP contribution >= 0.6 is 0 Å². The number of fused-ring (bicyclic) bond motifs is 1. The molecule has 2 aliphatic rings. The molecule has 0 spiro atoms. The van der Waals surface area contributed by atoms with E-state index in [0.29, 0.717) is 0 Å². The van der Waals surface area contributed by atoms with Gasteiger partial charge >= 0.3 is 0 Å². The summed E-state index contributed by atoms with van der Waals surface area (Å²) in [5, 5.41) is 8.93. The fraction of sp³-hybridized carbons (Fsp3) is 0.182. The van der Waals surface area contributed by atoms with Crippen LogP contribution in [0.15, 0.2) is 48.0 Å². The van der Waals surface area contributed by atoms with Crippen LogP contribution in [-0.4, -0.2) is 22.9 Å². The Labute approximate surface area is 82.3 Å². The molecule has 3 heteroatoms. The maximum Gasteiger partial charge on any atom is 0.130 e. The quantitative estimate of drug-likeness (QED) is 0.658. The van der Waals surface area contributed by atoms with Crippen molar-refractivity contribution in [2.45, 2.75) is 0 Å². The van der Waals surface area contributed by atoms with E-state index in [2.05, 4.69) is 0 Å². The number of aliphatic hydroxyl groups is 1. The van der Waals surface area contributed by atoms with Crippen molar-refractivity contribution in [2.75, 3.05) is 6.61 Å². The molecule has 0 saturated heterocycles. The Morgan fingerprint density at radius 2 is 2.36 bits per heavy atom. The van der Waals surface area contributed by atoms with Crippen LogP contribution in [0.4, 0.5) is 0 Å². The van der Waals surface area contributed by atoms with Gasteiger partial charge in [0.25, 0.3) is 0 Å². The summed E-state index contributed by atoms with van der Waals surface area (Å²) in [6.07, 6.45) is 12.0. The van der Waals surface area contributed by atoms with Gasteiger partial charge in [-0.15, -0.1) is 0 Å². The van der Waals surface area contributed by atoms with Crippen molar-refractivity contribution in [3.63, 3.8) is 0 Å². The number of hydrogen-bond acceptors (Lipinski definition) is 3. The highest BCUT2D eigenvalue weighted by Crippen LogP contribution is 2.22. The average molecular weight is 189 g/mol. The first-order valence-electron chi connectivity index (χ1n) is 4.47. The van der Waals surface area contributed by atoms with Crippen LogP contribution < -0.4 is 0 Å². The second kappa shape index (κ2) is 3.64. The minimum atomic E-state index is -0.130. The fourth-order valence-electron chi connectivity index (χ4n) is 1.47. The van der Waals surface area contributed by atoms with Crippen LogP contribution in [-0.2, 0) is 4.79 Å². The zero-order valence-electron chi connectivity index (χ0n) is 7.63.